The molecule has 0 bridgehead atoms. The summed E-state index contributed by atoms with van der Waals surface area (Å²) in [6, 6.07) is 0. The first-order chi connectivity index (χ1) is 7.35. The molecule has 0 aromatic rings. The van der Waals surface area contributed by atoms with Gasteiger partial charge in [-0.3, -0.25) is 0 Å². The van der Waals surface area contributed by atoms with E-state index in [1.165, 1.54) is 0 Å². The number of hydrogen-bond acceptors (Lipinski definition) is 0. The third kappa shape index (κ3) is 11400. The molecule has 0 aliphatic heterocycles. The van der Waals surface area contributed by atoms with Crippen LogP contribution in [0, 0.1) is 0 Å². The smallest absolute Gasteiger partial charge is 3.00 e. The van der Waals surface area contributed by atoms with Crippen molar-refractivity contribution in [2.24, 2.45) is 0 Å². The van der Waals surface area contributed by atoms with E-state index in [2.05, 4.69) is 0 Å². The van der Waals surface area contributed by atoms with Crippen molar-refractivity contribution in [1.29, 1.82) is 0 Å². The normalized spacial score (nSPS) is 22.1. The summed E-state index contributed by atoms with van der Waals surface area (Å²) in [5, 5.41) is 0. The maximum absolute atomic E-state index is 10.7. The summed E-state index contributed by atoms with van der Waals surface area (Å²) in [6.45, 7) is 0. The minimum absolute atomic E-state index is 0. The van der Waals surface area contributed by atoms with Gasteiger partial charge in [0.25, 0.3) is 0 Å². The first-order valence-electron chi connectivity index (χ1n) is 3.04. The number of rotatable bonds is 0. The number of halogens is 18. The molecule has 0 aromatic heterocycles. The Hall–Kier alpha value is 0.848. The second-order valence-electron chi connectivity index (χ2n) is 2.87. The fraction of sp³-hybridized carbons (Fsp3) is 0. The molecule has 2 radical (unpaired) electrons. The Labute approximate surface area is 124 Å². The van der Waals surface area contributed by atoms with Gasteiger partial charge in [-0.1, -0.05) is 0 Å². The average Bonchev–Trinajstić information content (AvgIpc) is 1.19. The zero-order valence-corrected chi connectivity index (χ0v) is 13.8. The van der Waals surface area contributed by atoms with E-state index in [4.69, 9.17) is 0 Å². The molecule has 0 fully saturated rings. The first kappa shape index (κ1) is 30.7. The zero-order chi connectivity index (χ0) is 19.2. The molecule has 0 aliphatic carbocycles. The van der Waals surface area contributed by atoms with Crippen molar-refractivity contribution in [3.63, 3.8) is 0 Å². The van der Waals surface area contributed by atoms with Gasteiger partial charge in [0.05, 0.1) is 0 Å². The quantitative estimate of drug-likeness (QED) is 0.158. The Balaban J connectivity index is -0.000000108. The molecule has 0 heterocycles. The third-order valence-electron chi connectivity index (χ3n) is 0. The van der Waals surface area contributed by atoms with E-state index in [1.807, 2.05) is 0 Å². The molecule has 22 heteroatoms. The van der Waals surface area contributed by atoms with Gasteiger partial charge in [0.2, 0.25) is 0 Å². The van der Waals surface area contributed by atoms with Crippen LogP contribution in [0.25, 0.3) is 0 Å². The van der Waals surface area contributed by atoms with Crippen molar-refractivity contribution < 1.29 is 75.5 Å². The van der Waals surface area contributed by atoms with E-state index >= 15 is 0 Å². The van der Waals surface area contributed by atoms with Gasteiger partial charge in [-0.25, -0.2) is 0 Å². The summed E-state index contributed by atoms with van der Waals surface area (Å²) in [4.78, 5) is 0. The van der Waals surface area contributed by atoms with Crippen molar-refractivity contribution in [2.45, 2.75) is 0 Å². The summed E-state index contributed by atoms with van der Waals surface area (Å²) in [6.07, 6.45) is 0. The van der Waals surface area contributed by atoms with Gasteiger partial charge in [0.15, 0.2) is 0 Å². The van der Waals surface area contributed by atoms with Crippen LogP contribution < -0.4 is 0 Å². The van der Waals surface area contributed by atoms with Gasteiger partial charge in [-0.05, 0) is 0 Å². The van der Waals surface area contributed by atoms with Crippen molar-refractivity contribution in [3.05, 3.63) is 0 Å². The van der Waals surface area contributed by atoms with Crippen molar-refractivity contribution >= 4 is 47.9 Å². The third-order valence-corrected chi connectivity index (χ3v) is 0. The summed E-state index contributed by atoms with van der Waals surface area (Å²) < 4.78 is 178. The minimum atomic E-state index is -10.7. The van der Waals surface area contributed by atoms with E-state index in [9.17, 15) is 75.5 Å². The van der Waals surface area contributed by atoms with Gasteiger partial charge in [-0.15, -0.1) is 0 Å². The topological polar surface area (TPSA) is 0 Å². The monoisotopic (exact) mass is 556 g/mol. The van der Waals surface area contributed by atoms with Gasteiger partial charge in [0, 0.05) is 0 Å². The number of hydrogen-bond donors (Lipinski definition) is 0. The molecule has 0 atom stereocenters. The molecule has 0 saturated heterocycles. The molecule has 146 valence electrons. The van der Waals surface area contributed by atoms with Crippen LogP contribution in [-0.4, -0.2) is 24.4 Å². The fourth-order valence-corrected chi connectivity index (χ4v) is 0. The van der Waals surface area contributed by atoms with Crippen molar-refractivity contribution in [2.75, 3.05) is 0 Å². The predicted octanol–water partition coefficient (Wildman–Crippen LogP) is 9.77. The Kier molecular flexibility index (Phi) is 6.30. The van der Waals surface area contributed by atoms with Gasteiger partial charge < -0.3 is 0 Å². The second-order valence-corrected chi connectivity index (χ2v) is 8.62. The SMILES string of the molecule is F[P-](F)(F)(F)(F)F.F[P-](F)(F)(F)(F)F.F[P-](F)(F)(F)(F)F.[Sb+3]. The van der Waals surface area contributed by atoms with Crippen LogP contribution >= 0.6 is 23.4 Å². The van der Waals surface area contributed by atoms with Gasteiger partial charge >= 0.3 is 123 Å². The molecule has 0 aliphatic rings. The molecule has 0 nitrogen and oxygen atoms in total. The molecule has 0 saturated carbocycles. The molecule has 0 aromatic carbocycles. The van der Waals surface area contributed by atoms with Crippen LogP contribution in [0.3, 0.4) is 0 Å². The average molecular weight is 557 g/mol. The van der Waals surface area contributed by atoms with Crippen LogP contribution in [-0.2, 0) is 0 Å². The molecule has 0 amide bonds. The first-order valence-corrected chi connectivity index (χ1v) is 9.13. The summed E-state index contributed by atoms with van der Waals surface area (Å²) >= 11 is 0. The molecular weight excluding hydrogens is 557 g/mol. The van der Waals surface area contributed by atoms with E-state index in [1.54, 1.807) is 0 Å². The van der Waals surface area contributed by atoms with Crippen LogP contribution in [0.5, 0.6) is 0 Å². The minimum Gasteiger partial charge on any atom is 3.00 e. The predicted molar refractivity (Wildman–Crippen MR) is 46.5 cm³/mol. The summed E-state index contributed by atoms with van der Waals surface area (Å²) in [7, 11) is -32.0. The molecule has 0 spiro atoms. The van der Waals surface area contributed by atoms with Crippen molar-refractivity contribution in [1.82, 2.24) is 0 Å². The molecular formula is F18P3Sb. The van der Waals surface area contributed by atoms with Crippen LogP contribution in [0.4, 0.5) is 75.5 Å². The molecule has 0 N–H and O–H groups in total. The Morgan fingerprint density at radius 3 is 0.227 bits per heavy atom. The molecule has 0 unspecified atom stereocenters. The van der Waals surface area contributed by atoms with Crippen LogP contribution in [0.15, 0.2) is 0 Å². The Morgan fingerprint density at radius 2 is 0.227 bits per heavy atom. The second kappa shape index (κ2) is 4.52. The zero-order valence-electron chi connectivity index (χ0n) is 8.59. The van der Waals surface area contributed by atoms with E-state index < -0.39 is 23.4 Å². The van der Waals surface area contributed by atoms with E-state index in [-0.39, 0.29) is 24.4 Å². The van der Waals surface area contributed by atoms with Gasteiger partial charge in [-0.2, -0.15) is 0 Å². The van der Waals surface area contributed by atoms with Crippen LogP contribution in [0.1, 0.15) is 0 Å². The van der Waals surface area contributed by atoms with Crippen molar-refractivity contribution in [3.8, 4) is 0 Å². The van der Waals surface area contributed by atoms with Gasteiger partial charge in [0.1, 0.15) is 0 Å². The standard InChI is InChI=1S/3F6P.Sb/c3*1-7(2,3,4,5)6;/q3*-1;+3. The Bertz CT molecular complexity index is 265. The summed E-state index contributed by atoms with van der Waals surface area (Å²) in [5.74, 6) is 0. The summed E-state index contributed by atoms with van der Waals surface area (Å²) in [5.41, 5.74) is 0. The van der Waals surface area contributed by atoms with E-state index in [0.29, 0.717) is 0 Å². The molecule has 0 rings (SSSR count). The largest absolute Gasteiger partial charge is 3.00 e. The molecule has 22 heavy (non-hydrogen) atoms. The Morgan fingerprint density at radius 1 is 0.227 bits per heavy atom. The fourth-order valence-electron chi connectivity index (χ4n) is 0. The van der Waals surface area contributed by atoms with E-state index in [0.717, 1.165) is 0 Å². The maximum Gasteiger partial charge on any atom is 3.00 e. The van der Waals surface area contributed by atoms with Crippen LogP contribution in [0.2, 0.25) is 0 Å². The maximum atomic E-state index is 9.87.